The molecule has 0 saturated carbocycles. The fourth-order valence-electron chi connectivity index (χ4n) is 0.883. The average molecular weight is 267 g/mol. The smallest absolute Gasteiger partial charge is 0.180 e. The van der Waals surface area contributed by atoms with Gasteiger partial charge in [0.2, 0.25) is 0 Å². The zero-order chi connectivity index (χ0) is 10.1. The highest BCUT2D eigenvalue weighted by atomic mass is 79.9. The van der Waals surface area contributed by atoms with Crippen molar-refractivity contribution in [2.75, 3.05) is 5.75 Å². The van der Waals surface area contributed by atoms with Crippen LogP contribution in [0, 0.1) is 5.82 Å². The third-order valence-electron chi connectivity index (χ3n) is 1.61. The molecule has 0 atom stereocenters. The second-order valence-corrected chi connectivity index (χ2v) is 5.64. The Kier molecular flexibility index (Phi) is 3.08. The molecule has 5 heteroatoms. The predicted octanol–water partition coefficient (Wildman–Crippen LogP) is 2.38. The van der Waals surface area contributed by atoms with Crippen molar-refractivity contribution in [3.8, 4) is 0 Å². The van der Waals surface area contributed by atoms with E-state index in [4.69, 9.17) is 0 Å². The lowest BCUT2D eigenvalue weighted by Gasteiger charge is -2.02. The molecule has 0 radical (unpaired) electrons. The SMILES string of the molecule is CCS(=O)(=O)c1ccc(Br)cc1F. The topological polar surface area (TPSA) is 34.1 Å². The van der Waals surface area contributed by atoms with Crippen LogP contribution in [0.4, 0.5) is 4.39 Å². The van der Waals surface area contributed by atoms with Crippen LogP contribution in [0.1, 0.15) is 6.92 Å². The van der Waals surface area contributed by atoms with Crippen molar-refractivity contribution in [1.29, 1.82) is 0 Å². The molecule has 0 heterocycles. The number of hydrogen-bond acceptors (Lipinski definition) is 2. The Hall–Kier alpha value is -0.420. The number of benzene rings is 1. The van der Waals surface area contributed by atoms with Gasteiger partial charge in [-0.1, -0.05) is 22.9 Å². The van der Waals surface area contributed by atoms with Gasteiger partial charge in [0.25, 0.3) is 0 Å². The maximum atomic E-state index is 13.1. The predicted molar refractivity (Wildman–Crippen MR) is 51.8 cm³/mol. The van der Waals surface area contributed by atoms with Crippen LogP contribution in [0.3, 0.4) is 0 Å². The molecule has 0 N–H and O–H groups in total. The summed E-state index contributed by atoms with van der Waals surface area (Å²) >= 11 is 3.05. The fourth-order valence-corrected chi connectivity index (χ4v) is 2.16. The Morgan fingerprint density at radius 2 is 2.08 bits per heavy atom. The number of rotatable bonds is 2. The Morgan fingerprint density at radius 1 is 1.46 bits per heavy atom. The number of halogens is 2. The molecule has 13 heavy (non-hydrogen) atoms. The third kappa shape index (κ3) is 2.28. The summed E-state index contributed by atoms with van der Waals surface area (Å²) in [5, 5.41) is 0. The van der Waals surface area contributed by atoms with Crippen molar-refractivity contribution < 1.29 is 12.8 Å². The van der Waals surface area contributed by atoms with Gasteiger partial charge in [0.05, 0.1) is 5.75 Å². The summed E-state index contributed by atoms with van der Waals surface area (Å²) in [6.45, 7) is 1.48. The van der Waals surface area contributed by atoms with Gasteiger partial charge in [0.15, 0.2) is 9.84 Å². The largest absolute Gasteiger partial charge is 0.224 e. The molecule has 0 aliphatic heterocycles. The lowest BCUT2D eigenvalue weighted by Crippen LogP contribution is -2.05. The van der Waals surface area contributed by atoms with Crippen LogP contribution in [0.25, 0.3) is 0 Å². The van der Waals surface area contributed by atoms with Crippen LogP contribution >= 0.6 is 15.9 Å². The van der Waals surface area contributed by atoms with E-state index in [-0.39, 0.29) is 10.6 Å². The highest BCUT2D eigenvalue weighted by Crippen LogP contribution is 2.20. The van der Waals surface area contributed by atoms with Crippen LogP contribution in [-0.4, -0.2) is 14.2 Å². The molecule has 1 aromatic carbocycles. The molecule has 0 aromatic heterocycles. The monoisotopic (exact) mass is 266 g/mol. The molecule has 1 aromatic rings. The lowest BCUT2D eigenvalue weighted by molar-refractivity contribution is 0.567. The van der Waals surface area contributed by atoms with Crippen molar-refractivity contribution in [1.82, 2.24) is 0 Å². The van der Waals surface area contributed by atoms with E-state index in [0.29, 0.717) is 4.47 Å². The van der Waals surface area contributed by atoms with Gasteiger partial charge < -0.3 is 0 Å². The Labute approximate surface area is 84.8 Å². The van der Waals surface area contributed by atoms with E-state index < -0.39 is 15.7 Å². The molecular weight excluding hydrogens is 259 g/mol. The quantitative estimate of drug-likeness (QED) is 0.824. The summed E-state index contributed by atoms with van der Waals surface area (Å²) in [6, 6.07) is 3.91. The first-order valence-electron chi connectivity index (χ1n) is 3.65. The lowest BCUT2D eigenvalue weighted by atomic mass is 10.3. The highest BCUT2D eigenvalue weighted by Gasteiger charge is 2.16. The van der Waals surface area contributed by atoms with E-state index in [0.717, 1.165) is 6.07 Å². The summed E-state index contributed by atoms with van der Waals surface area (Å²) < 4.78 is 36.2. The van der Waals surface area contributed by atoms with Crippen LogP contribution in [0.15, 0.2) is 27.6 Å². The molecule has 0 spiro atoms. The Balaban J connectivity index is 3.33. The van der Waals surface area contributed by atoms with Gasteiger partial charge in [-0.15, -0.1) is 0 Å². The van der Waals surface area contributed by atoms with Gasteiger partial charge >= 0.3 is 0 Å². The minimum atomic E-state index is -3.44. The number of hydrogen-bond donors (Lipinski definition) is 0. The van der Waals surface area contributed by atoms with Gasteiger partial charge in [-0.3, -0.25) is 0 Å². The zero-order valence-electron chi connectivity index (χ0n) is 6.92. The van der Waals surface area contributed by atoms with Crippen molar-refractivity contribution in [3.05, 3.63) is 28.5 Å². The standard InChI is InChI=1S/C8H8BrFO2S/c1-2-13(11,12)8-4-3-6(9)5-7(8)10/h3-5H,2H2,1H3. The average Bonchev–Trinajstić information content (AvgIpc) is 2.03. The van der Waals surface area contributed by atoms with Gasteiger partial charge in [0.1, 0.15) is 10.7 Å². The molecule has 0 bridgehead atoms. The van der Waals surface area contributed by atoms with E-state index in [2.05, 4.69) is 15.9 Å². The van der Waals surface area contributed by atoms with Crippen LogP contribution in [0.2, 0.25) is 0 Å². The second-order valence-electron chi connectivity index (χ2n) is 2.48. The maximum Gasteiger partial charge on any atom is 0.180 e. The highest BCUT2D eigenvalue weighted by molar-refractivity contribution is 9.10. The summed E-state index contributed by atoms with van der Waals surface area (Å²) in [5.41, 5.74) is 0. The first-order valence-corrected chi connectivity index (χ1v) is 6.09. The van der Waals surface area contributed by atoms with Gasteiger partial charge in [-0.25, -0.2) is 12.8 Å². The van der Waals surface area contributed by atoms with E-state index >= 15 is 0 Å². The molecule has 0 amide bonds. The van der Waals surface area contributed by atoms with Crippen molar-refractivity contribution in [2.24, 2.45) is 0 Å². The van der Waals surface area contributed by atoms with Gasteiger partial charge in [-0.05, 0) is 18.2 Å². The first kappa shape index (κ1) is 10.7. The van der Waals surface area contributed by atoms with Crippen molar-refractivity contribution in [3.63, 3.8) is 0 Å². The van der Waals surface area contributed by atoms with E-state index in [1.807, 2.05) is 0 Å². The molecule has 0 aliphatic carbocycles. The van der Waals surface area contributed by atoms with Crippen LogP contribution in [-0.2, 0) is 9.84 Å². The minimum absolute atomic E-state index is 0.0917. The summed E-state index contributed by atoms with van der Waals surface area (Å²) in [7, 11) is -3.44. The molecule has 1 rings (SSSR count). The minimum Gasteiger partial charge on any atom is -0.224 e. The number of sulfone groups is 1. The van der Waals surface area contributed by atoms with E-state index in [1.54, 1.807) is 0 Å². The van der Waals surface area contributed by atoms with Gasteiger partial charge in [-0.2, -0.15) is 0 Å². The van der Waals surface area contributed by atoms with Crippen molar-refractivity contribution in [2.45, 2.75) is 11.8 Å². The molecule has 72 valence electrons. The molecule has 2 nitrogen and oxygen atoms in total. The first-order chi connectivity index (χ1) is 5.97. The summed E-state index contributed by atoms with van der Waals surface area (Å²) in [4.78, 5) is -0.238. The molecule has 0 unspecified atom stereocenters. The van der Waals surface area contributed by atoms with Crippen molar-refractivity contribution >= 4 is 25.8 Å². The summed E-state index contributed by atoms with van der Waals surface area (Å²) in [5.74, 6) is -0.804. The van der Waals surface area contributed by atoms with Crippen LogP contribution < -0.4 is 0 Å². The van der Waals surface area contributed by atoms with Gasteiger partial charge in [0, 0.05) is 4.47 Å². The summed E-state index contributed by atoms with van der Waals surface area (Å²) in [6.07, 6.45) is 0. The normalized spacial score (nSPS) is 11.6. The Morgan fingerprint density at radius 3 is 2.54 bits per heavy atom. The maximum absolute atomic E-state index is 13.1. The molecule has 0 saturated heterocycles. The van der Waals surface area contributed by atoms with E-state index in [1.165, 1.54) is 19.1 Å². The molecule has 0 aliphatic rings. The second kappa shape index (κ2) is 3.75. The molecule has 0 fully saturated rings. The fraction of sp³-hybridized carbons (Fsp3) is 0.250. The zero-order valence-corrected chi connectivity index (χ0v) is 9.32. The Bertz CT molecular complexity index is 414. The van der Waals surface area contributed by atoms with E-state index in [9.17, 15) is 12.8 Å². The third-order valence-corrected chi connectivity index (χ3v) is 3.86. The molecular formula is C8H8BrFO2S. The van der Waals surface area contributed by atoms with Crippen LogP contribution in [0.5, 0.6) is 0 Å².